The number of phenols is 1. The fraction of sp³-hybridized carbons (Fsp3) is 0.333. The second-order valence-electron chi connectivity index (χ2n) is 4.25. The quantitative estimate of drug-likeness (QED) is 0.921. The van der Waals surface area contributed by atoms with Crippen molar-refractivity contribution in [3.8, 4) is 17.2 Å². The van der Waals surface area contributed by atoms with Gasteiger partial charge < -0.3 is 9.63 Å². The maximum absolute atomic E-state index is 9.60. The van der Waals surface area contributed by atoms with Gasteiger partial charge in [-0.1, -0.05) is 11.6 Å². The molecule has 0 unspecified atom stereocenters. The molecule has 1 aliphatic carbocycles. The summed E-state index contributed by atoms with van der Waals surface area (Å²) in [5.74, 6) is 1.88. The summed E-state index contributed by atoms with van der Waals surface area (Å²) in [6.07, 6.45) is 3.53. The van der Waals surface area contributed by atoms with Gasteiger partial charge in [-0.25, -0.2) is 0 Å². The van der Waals surface area contributed by atoms with E-state index in [1.165, 1.54) is 6.42 Å². The molecule has 1 fully saturated rings. The van der Waals surface area contributed by atoms with Gasteiger partial charge in [0, 0.05) is 11.5 Å². The van der Waals surface area contributed by atoms with E-state index >= 15 is 0 Å². The molecular formula is C12H11BrN2O2. The fourth-order valence-electron chi connectivity index (χ4n) is 1.83. The molecule has 2 aromatic rings. The molecule has 0 amide bonds. The van der Waals surface area contributed by atoms with Crippen molar-refractivity contribution in [2.75, 3.05) is 0 Å². The molecular weight excluding hydrogens is 284 g/mol. The summed E-state index contributed by atoms with van der Waals surface area (Å²) in [6, 6.07) is 5.21. The highest BCUT2D eigenvalue weighted by Gasteiger charge is 2.25. The molecule has 0 atom stereocenters. The van der Waals surface area contributed by atoms with Crippen molar-refractivity contribution in [2.45, 2.75) is 25.2 Å². The normalized spacial score (nSPS) is 15.8. The molecule has 0 aliphatic heterocycles. The zero-order valence-corrected chi connectivity index (χ0v) is 10.6. The summed E-state index contributed by atoms with van der Waals surface area (Å²) in [5, 5.41) is 13.6. The van der Waals surface area contributed by atoms with E-state index in [-0.39, 0.29) is 5.75 Å². The predicted molar refractivity (Wildman–Crippen MR) is 65.7 cm³/mol. The Morgan fingerprint density at radius 1 is 1.35 bits per heavy atom. The van der Waals surface area contributed by atoms with Crippen molar-refractivity contribution in [2.24, 2.45) is 0 Å². The van der Waals surface area contributed by atoms with Gasteiger partial charge in [-0.2, -0.15) is 4.98 Å². The van der Waals surface area contributed by atoms with Crippen LogP contribution in [0.3, 0.4) is 0 Å². The summed E-state index contributed by atoms with van der Waals surface area (Å²) in [4.78, 5) is 4.37. The number of aromatic nitrogens is 2. The highest BCUT2D eigenvalue weighted by molar-refractivity contribution is 9.10. The van der Waals surface area contributed by atoms with Crippen LogP contribution >= 0.6 is 15.9 Å². The third kappa shape index (κ3) is 1.95. The van der Waals surface area contributed by atoms with E-state index in [1.807, 2.05) is 6.07 Å². The number of nitrogens with zero attached hydrogens (tertiary/aromatic N) is 2. The van der Waals surface area contributed by atoms with E-state index in [9.17, 15) is 5.11 Å². The minimum Gasteiger partial charge on any atom is -0.507 e. The molecule has 1 saturated carbocycles. The van der Waals surface area contributed by atoms with Gasteiger partial charge in [0.2, 0.25) is 0 Å². The molecule has 17 heavy (non-hydrogen) atoms. The molecule has 4 nitrogen and oxygen atoms in total. The van der Waals surface area contributed by atoms with Crippen LogP contribution < -0.4 is 0 Å². The zero-order chi connectivity index (χ0) is 11.8. The van der Waals surface area contributed by atoms with Crippen molar-refractivity contribution in [3.63, 3.8) is 0 Å². The van der Waals surface area contributed by atoms with Crippen LogP contribution in [0.15, 0.2) is 27.2 Å². The number of aromatic hydroxyl groups is 1. The van der Waals surface area contributed by atoms with Crippen LogP contribution in [0, 0.1) is 0 Å². The third-order valence-electron chi connectivity index (χ3n) is 3.11. The van der Waals surface area contributed by atoms with Crippen molar-refractivity contribution in [1.82, 2.24) is 10.1 Å². The van der Waals surface area contributed by atoms with Crippen molar-refractivity contribution in [1.29, 1.82) is 0 Å². The van der Waals surface area contributed by atoms with E-state index in [4.69, 9.17) is 4.52 Å². The van der Waals surface area contributed by atoms with E-state index in [2.05, 4.69) is 26.1 Å². The number of halogens is 1. The van der Waals surface area contributed by atoms with Gasteiger partial charge in [-0.15, -0.1) is 0 Å². The van der Waals surface area contributed by atoms with Gasteiger partial charge in [0.25, 0.3) is 5.89 Å². The number of hydrogen-bond donors (Lipinski definition) is 1. The van der Waals surface area contributed by atoms with Crippen molar-refractivity contribution < 1.29 is 9.63 Å². The third-order valence-corrected chi connectivity index (χ3v) is 3.78. The summed E-state index contributed by atoms with van der Waals surface area (Å²) in [6.45, 7) is 0. The molecule has 5 heteroatoms. The van der Waals surface area contributed by atoms with Crippen LogP contribution in [0.2, 0.25) is 0 Å². The second-order valence-corrected chi connectivity index (χ2v) is 5.11. The fourth-order valence-corrected chi connectivity index (χ4v) is 2.08. The highest BCUT2D eigenvalue weighted by Crippen LogP contribution is 2.36. The molecule has 1 heterocycles. The van der Waals surface area contributed by atoms with Gasteiger partial charge in [0.1, 0.15) is 5.75 Å². The molecule has 0 bridgehead atoms. The van der Waals surface area contributed by atoms with E-state index < -0.39 is 0 Å². The predicted octanol–water partition coefficient (Wildman–Crippen LogP) is 3.47. The van der Waals surface area contributed by atoms with Crippen LogP contribution in [0.4, 0.5) is 0 Å². The number of hydrogen-bond acceptors (Lipinski definition) is 4. The highest BCUT2D eigenvalue weighted by atomic mass is 79.9. The Balaban J connectivity index is 1.92. The first-order valence-corrected chi connectivity index (χ1v) is 6.36. The maximum atomic E-state index is 9.60. The SMILES string of the molecule is Oc1cc(-c2nc(C3CCC3)no2)ccc1Br. The first-order valence-electron chi connectivity index (χ1n) is 5.56. The Morgan fingerprint density at radius 3 is 2.82 bits per heavy atom. The van der Waals surface area contributed by atoms with Gasteiger partial charge in [-0.3, -0.25) is 0 Å². The molecule has 1 N–H and O–H groups in total. The first-order chi connectivity index (χ1) is 8.24. The van der Waals surface area contributed by atoms with E-state index in [0.29, 0.717) is 16.3 Å². The second kappa shape index (κ2) is 4.14. The summed E-state index contributed by atoms with van der Waals surface area (Å²) in [5.41, 5.74) is 0.740. The van der Waals surface area contributed by atoms with Crippen LogP contribution in [-0.2, 0) is 0 Å². The Labute approximate surface area is 107 Å². The summed E-state index contributed by atoms with van der Waals surface area (Å²) in [7, 11) is 0. The van der Waals surface area contributed by atoms with Gasteiger partial charge in [0.15, 0.2) is 5.82 Å². The Hall–Kier alpha value is -1.36. The molecule has 0 spiro atoms. The Morgan fingerprint density at radius 2 is 2.18 bits per heavy atom. The summed E-state index contributed by atoms with van der Waals surface area (Å²) >= 11 is 3.23. The minimum atomic E-state index is 0.172. The number of benzene rings is 1. The standard InChI is InChI=1S/C12H11BrN2O2/c13-9-5-4-8(6-10(9)16)12-14-11(15-17-12)7-2-1-3-7/h4-7,16H,1-3H2. The van der Waals surface area contributed by atoms with Gasteiger partial charge in [0.05, 0.1) is 4.47 Å². The molecule has 1 aromatic carbocycles. The Kier molecular flexibility index (Phi) is 2.63. The lowest BCUT2D eigenvalue weighted by Gasteiger charge is -2.20. The summed E-state index contributed by atoms with van der Waals surface area (Å²) < 4.78 is 5.87. The lowest BCUT2D eigenvalue weighted by molar-refractivity contribution is 0.366. The molecule has 1 aromatic heterocycles. The first kappa shape index (κ1) is 10.8. The van der Waals surface area contributed by atoms with Crippen LogP contribution in [-0.4, -0.2) is 15.2 Å². The molecule has 88 valence electrons. The lowest BCUT2D eigenvalue weighted by Crippen LogP contribution is -2.10. The molecule has 0 saturated heterocycles. The smallest absolute Gasteiger partial charge is 0.258 e. The zero-order valence-electron chi connectivity index (χ0n) is 9.06. The van der Waals surface area contributed by atoms with Crippen LogP contribution in [0.5, 0.6) is 5.75 Å². The van der Waals surface area contributed by atoms with E-state index in [1.54, 1.807) is 12.1 Å². The van der Waals surface area contributed by atoms with Crippen LogP contribution in [0.1, 0.15) is 31.0 Å². The van der Waals surface area contributed by atoms with Crippen molar-refractivity contribution in [3.05, 3.63) is 28.5 Å². The average molecular weight is 295 g/mol. The van der Waals surface area contributed by atoms with Gasteiger partial charge >= 0.3 is 0 Å². The topological polar surface area (TPSA) is 59.2 Å². The maximum Gasteiger partial charge on any atom is 0.258 e. The number of rotatable bonds is 2. The van der Waals surface area contributed by atoms with Crippen LogP contribution in [0.25, 0.3) is 11.5 Å². The monoisotopic (exact) mass is 294 g/mol. The Bertz CT molecular complexity index is 549. The molecule has 1 aliphatic rings. The molecule has 3 rings (SSSR count). The van der Waals surface area contributed by atoms with E-state index in [0.717, 1.165) is 24.2 Å². The molecule has 0 radical (unpaired) electrons. The minimum absolute atomic E-state index is 0.172. The lowest BCUT2D eigenvalue weighted by atomic mass is 9.85. The average Bonchev–Trinajstić information content (AvgIpc) is 2.69. The largest absolute Gasteiger partial charge is 0.507 e. The van der Waals surface area contributed by atoms with Gasteiger partial charge in [-0.05, 0) is 47.0 Å². The number of phenolic OH excluding ortho intramolecular Hbond substituents is 1. The van der Waals surface area contributed by atoms with Crippen molar-refractivity contribution >= 4 is 15.9 Å².